The molecule has 0 heterocycles. The van der Waals surface area contributed by atoms with Gasteiger partial charge in [0.25, 0.3) is 0 Å². The van der Waals surface area contributed by atoms with Gasteiger partial charge in [0.2, 0.25) is 5.91 Å². The molecule has 0 aliphatic heterocycles. The fraction of sp³-hybridized carbons (Fsp3) is 0.429. The highest BCUT2D eigenvalue weighted by atomic mass is 19.4. The van der Waals surface area contributed by atoms with Crippen molar-refractivity contribution in [1.29, 1.82) is 0 Å². The summed E-state index contributed by atoms with van der Waals surface area (Å²) in [5, 5.41) is 5.22. The zero-order chi connectivity index (χ0) is 18.0. The summed E-state index contributed by atoms with van der Waals surface area (Å²) in [5.41, 5.74) is 6.24. The molecule has 0 atom stereocenters. The Kier molecular flexibility index (Phi) is 7.83. The first-order valence-electron chi connectivity index (χ1n) is 6.94. The first-order chi connectivity index (χ1) is 11.3. The van der Waals surface area contributed by atoms with Crippen LogP contribution in [0.5, 0.6) is 5.75 Å². The first kappa shape index (κ1) is 19.6. The fourth-order valence-corrected chi connectivity index (χ4v) is 1.55. The Morgan fingerprint density at radius 3 is 2.50 bits per heavy atom. The van der Waals surface area contributed by atoms with Crippen LogP contribution in [0, 0.1) is 0 Å². The van der Waals surface area contributed by atoms with Gasteiger partial charge in [-0.1, -0.05) is 12.1 Å². The largest absolute Gasteiger partial charge is 0.573 e. The van der Waals surface area contributed by atoms with Gasteiger partial charge in [-0.05, 0) is 17.7 Å². The molecule has 7 nitrogen and oxygen atoms in total. The highest BCUT2D eigenvalue weighted by Crippen LogP contribution is 2.22. The zero-order valence-corrected chi connectivity index (χ0v) is 13.0. The third-order valence-electron chi connectivity index (χ3n) is 2.65. The van der Waals surface area contributed by atoms with Gasteiger partial charge in [0.05, 0.1) is 19.7 Å². The van der Waals surface area contributed by atoms with E-state index in [0.29, 0.717) is 18.7 Å². The Hall–Kier alpha value is -2.49. The molecule has 1 rings (SSSR count). The molecule has 1 aromatic rings. The van der Waals surface area contributed by atoms with E-state index in [1.807, 2.05) is 0 Å². The van der Waals surface area contributed by atoms with Crippen LogP contribution < -0.4 is 21.1 Å². The lowest BCUT2D eigenvalue weighted by molar-refractivity contribution is -0.274. The number of alkyl halides is 3. The van der Waals surface area contributed by atoms with Gasteiger partial charge in [0.15, 0.2) is 5.96 Å². The van der Waals surface area contributed by atoms with Gasteiger partial charge in [0.1, 0.15) is 5.75 Å². The highest BCUT2D eigenvalue weighted by Gasteiger charge is 2.30. The van der Waals surface area contributed by atoms with Gasteiger partial charge in [-0.2, -0.15) is 0 Å². The first-order valence-corrected chi connectivity index (χ1v) is 6.94. The van der Waals surface area contributed by atoms with Crippen molar-refractivity contribution in [2.24, 2.45) is 10.7 Å². The molecule has 0 bridgehead atoms. The molecule has 134 valence electrons. The second-order valence-electron chi connectivity index (χ2n) is 4.59. The Bertz CT molecular complexity index is 547. The lowest BCUT2D eigenvalue weighted by Crippen LogP contribution is -2.41. The lowest BCUT2D eigenvalue weighted by Gasteiger charge is -2.09. The SMILES string of the molecule is COCCNC(=O)CNC(N)=NCc1ccc(OC(F)(F)F)cc1. The van der Waals surface area contributed by atoms with E-state index in [2.05, 4.69) is 20.4 Å². The average molecular weight is 348 g/mol. The Balaban J connectivity index is 2.38. The molecule has 1 aromatic carbocycles. The van der Waals surface area contributed by atoms with Crippen LogP contribution in [-0.4, -0.2) is 45.0 Å². The van der Waals surface area contributed by atoms with Crippen LogP contribution in [0.25, 0.3) is 0 Å². The number of rotatable bonds is 8. The molecule has 0 unspecified atom stereocenters. The van der Waals surface area contributed by atoms with Gasteiger partial charge in [-0.3, -0.25) is 4.79 Å². The topological polar surface area (TPSA) is 98.0 Å². The number of aliphatic imine (C=N–C) groups is 1. The number of nitrogens with two attached hydrogens (primary N) is 1. The molecule has 0 fully saturated rings. The number of hydrogen-bond donors (Lipinski definition) is 3. The minimum Gasteiger partial charge on any atom is -0.406 e. The van der Waals surface area contributed by atoms with E-state index < -0.39 is 6.36 Å². The second-order valence-corrected chi connectivity index (χ2v) is 4.59. The fourth-order valence-electron chi connectivity index (χ4n) is 1.55. The summed E-state index contributed by atoms with van der Waals surface area (Å²) < 4.78 is 44.7. The molecule has 0 saturated carbocycles. The molecule has 1 amide bonds. The maximum atomic E-state index is 12.0. The third kappa shape index (κ3) is 8.83. The maximum Gasteiger partial charge on any atom is 0.573 e. The molecule has 0 aliphatic carbocycles. The molecular weight excluding hydrogens is 329 g/mol. The lowest BCUT2D eigenvalue weighted by atomic mass is 10.2. The summed E-state index contributed by atoms with van der Waals surface area (Å²) in [6.45, 7) is 0.900. The van der Waals surface area contributed by atoms with E-state index in [1.54, 1.807) is 0 Å². The van der Waals surface area contributed by atoms with Crippen LogP contribution in [0.2, 0.25) is 0 Å². The van der Waals surface area contributed by atoms with Crippen molar-refractivity contribution >= 4 is 11.9 Å². The van der Waals surface area contributed by atoms with Crippen LogP contribution in [0.1, 0.15) is 5.56 Å². The number of halogens is 3. The van der Waals surface area contributed by atoms with Crippen molar-refractivity contribution in [2.45, 2.75) is 12.9 Å². The third-order valence-corrected chi connectivity index (χ3v) is 2.65. The van der Waals surface area contributed by atoms with Gasteiger partial charge in [0, 0.05) is 13.7 Å². The van der Waals surface area contributed by atoms with Gasteiger partial charge < -0.3 is 25.8 Å². The number of carbonyl (C=O) groups excluding carboxylic acids is 1. The number of benzene rings is 1. The second kappa shape index (κ2) is 9.60. The number of guanidine groups is 1. The van der Waals surface area contributed by atoms with Crippen molar-refractivity contribution in [2.75, 3.05) is 26.8 Å². The number of amides is 1. The Labute approximate surface area is 137 Å². The highest BCUT2D eigenvalue weighted by molar-refractivity contribution is 5.85. The molecule has 0 aromatic heterocycles. The van der Waals surface area contributed by atoms with Crippen molar-refractivity contribution in [3.63, 3.8) is 0 Å². The predicted octanol–water partition coefficient (Wildman–Crippen LogP) is 0.752. The quantitative estimate of drug-likeness (QED) is 0.366. The van der Waals surface area contributed by atoms with Crippen LogP contribution in [0.3, 0.4) is 0 Å². The Morgan fingerprint density at radius 2 is 1.92 bits per heavy atom. The summed E-state index contributed by atoms with van der Waals surface area (Å²) in [5.74, 6) is -0.527. The van der Waals surface area contributed by atoms with Crippen LogP contribution in [0.15, 0.2) is 29.3 Å². The Morgan fingerprint density at radius 1 is 1.25 bits per heavy atom. The molecule has 0 spiro atoms. The average Bonchev–Trinajstić information content (AvgIpc) is 2.51. The smallest absolute Gasteiger partial charge is 0.406 e. The number of ether oxygens (including phenoxy) is 2. The molecule has 4 N–H and O–H groups in total. The van der Waals surface area contributed by atoms with Crippen molar-refractivity contribution < 1.29 is 27.4 Å². The summed E-state index contributed by atoms with van der Waals surface area (Å²) in [6, 6.07) is 5.25. The number of carbonyl (C=O) groups is 1. The van der Waals surface area contributed by atoms with E-state index in [1.165, 1.54) is 31.4 Å². The number of methoxy groups -OCH3 is 1. The van der Waals surface area contributed by atoms with E-state index in [4.69, 9.17) is 10.5 Å². The van der Waals surface area contributed by atoms with E-state index >= 15 is 0 Å². The molecule has 0 saturated heterocycles. The van der Waals surface area contributed by atoms with E-state index in [0.717, 1.165) is 0 Å². The van der Waals surface area contributed by atoms with Crippen LogP contribution in [-0.2, 0) is 16.1 Å². The summed E-state index contributed by atoms with van der Waals surface area (Å²) in [7, 11) is 1.52. The van der Waals surface area contributed by atoms with Crippen molar-refractivity contribution in [1.82, 2.24) is 10.6 Å². The summed E-state index contributed by atoms with van der Waals surface area (Å²) in [4.78, 5) is 15.4. The minimum absolute atomic E-state index is 0.0442. The van der Waals surface area contributed by atoms with Gasteiger partial charge in [-0.25, -0.2) is 4.99 Å². The minimum atomic E-state index is -4.72. The van der Waals surface area contributed by atoms with E-state index in [-0.39, 0.29) is 30.7 Å². The van der Waals surface area contributed by atoms with Crippen LogP contribution >= 0.6 is 0 Å². The predicted molar refractivity (Wildman–Crippen MR) is 81.3 cm³/mol. The summed E-state index contributed by atoms with van der Waals surface area (Å²) in [6.07, 6.45) is -4.72. The van der Waals surface area contributed by atoms with Crippen molar-refractivity contribution in [3.05, 3.63) is 29.8 Å². The zero-order valence-electron chi connectivity index (χ0n) is 13.0. The monoisotopic (exact) mass is 348 g/mol. The normalized spacial score (nSPS) is 11.9. The van der Waals surface area contributed by atoms with Gasteiger partial charge >= 0.3 is 6.36 Å². The maximum absolute atomic E-state index is 12.0. The van der Waals surface area contributed by atoms with E-state index in [9.17, 15) is 18.0 Å². The standard InChI is InChI=1S/C14H19F3N4O3/c1-23-7-6-19-12(22)9-21-13(18)20-8-10-2-4-11(5-3-10)24-14(15,16)17/h2-5H,6-9H2,1H3,(H,19,22)(H3,18,20,21). The summed E-state index contributed by atoms with van der Waals surface area (Å²) >= 11 is 0. The molecule has 0 radical (unpaired) electrons. The number of nitrogens with zero attached hydrogens (tertiary/aromatic N) is 1. The van der Waals surface area contributed by atoms with Gasteiger partial charge in [-0.15, -0.1) is 13.2 Å². The number of hydrogen-bond acceptors (Lipinski definition) is 4. The molecular formula is C14H19F3N4O3. The van der Waals surface area contributed by atoms with Crippen LogP contribution in [0.4, 0.5) is 13.2 Å². The molecule has 24 heavy (non-hydrogen) atoms. The molecule has 10 heteroatoms. The van der Waals surface area contributed by atoms with Crippen molar-refractivity contribution in [3.8, 4) is 5.75 Å². The molecule has 0 aliphatic rings. The number of nitrogens with one attached hydrogen (secondary N) is 2.